The van der Waals surface area contributed by atoms with Crippen LogP contribution in [0.25, 0.3) is 0 Å². The molecule has 162 valence electrons. The first-order valence-electron chi connectivity index (χ1n) is 10.9. The molecule has 0 bridgehead atoms. The Morgan fingerprint density at radius 2 is 1.93 bits per heavy atom. The number of carbonyl (C=O) groups is 2. The van der Waals surface area contributed by atoms with Gasteiger partial charge < -0.3 is 15.3 Å². The summed E-state index contributed by atoms with van der Waals surface area (Å²) in [4.78, 5) is 23.3. The molecule has 0 heterocycles. The van der Waals surface area contributed by atoms with Crippen LogP contribution in [0.1, 0.15) is 85.0 Å². The molecule has 3 N–H and O–H groups in total. The van der Waals surface area contributed by atoms with Crippen molar-refractivity contribution in [2.45, 2.75) is 97.2 Å². The molecule has 1 saturated carbocycles. The zero-order valence-electron chi connectivity index (χ0n) is 17.9. The fraction of sp³-hybridized carbons (Fsp3) is 0.826. The van der Waals surface area contributed by atoms with Gasteiger partial charge in [-0.1, -0.05) is 58.6 Å². The standard InChI is InChI=1S/C23H40O5/c1-4-14-23(2,3)22(28)13-9-12-19-18(20(26)15-21(19)27)11-8-6-5-7-10-17(25)16-24/h9,12,18-19,21-22,24,27-28H,4-8,10-11,13-16H2,1-3H3/t18-,19-,21-,22-/m1/s1. The lowest BCUT2D eigenvalue weighted by atomic mass is 9.80. The summed E-state index contributed by atoms with van der Waals surface area (Å²) in [6.07, 6.45) is 10.2. The zero-order valence-corrected chi connectivity index (χ0v) is 17.9. The maximum Gasteiger partial charge on any atom is 0.158 e. The third kappa shape index (κ3) is 8.14. The van der Waals surface area contributed by atoms with Gasteiger partial charge in [0.1, 0.15) is 12.4 Å². The van der Waals surface area contributed by atoms with Crippen molar-refractivity contribution in [2.24, 2.45) is 17.3 Å². The molecule has 4 atom stereocenters. The van der Waals surface area contributed by atoms with Gasteiger partial charge in [0.25, 0.3) is 0 Å². The monoisotopic (exact) mass is 396 g/mol. The van der Waals surface area contributed by atoms with Crippen LogP contribution in [0.3, 0.4) is 0 Å². The molecule has 28 heavy (non-hydrogen) atoms. The summed E-state index contributed by atoms with van der Waals surface area (Å²) in [5, 5.41) is 29.4. The summed E-state index contributed by atoms with van der Waals surface area (Å²) >= 11 is 0. The maximum atomic E-state index is 12.3. The molecule has 1 rings (SSSR count). The molecular weight excluding hydrogens is 356 g/mol. The van der Waals surface area contributed by atoms with E-state index in [1.54, 1.807) is 0 Å². The molecular formula is C23H40O5. The van der Waals surface area contributed by atoms with Gasteiger partial charge in [-0.05, 0) is 31.1 Å². The smallest absolute Gasteiger partial charge is 0.158 e. The number of hydrogen-bond donors (Lipinski definition) is 3. The summed E-state index contributed by atoms with van der Waals surface area (Å²) in [5.74, 6) is -0.302. The second-order valence-corrected chi connectivity index (χ2v) is 8.99. The predicted molar refractivity (Wildman–Crippen MR) is 111 cm³/mol. The van der Waals surface area contributed by atoms with Crippen molar-refractivity contribution in [3.05, 3.63) is 12.2 Å². The van der Waals surface area contributed by atoms with E-state index in [0.29, 0.717) is 12.8 Å². The van der Waals surface area contributed by atoms with Gasteiger partial charge in [-0.2, -0.15) is 0 Å². The fourth-order valence-electron chi connectivity index (χ4n) is 4.21. The minimum atomic E-state index is -0.628. The average Bonchev–Trinajstić information content (AvgIpc) is 2.90. The van der Waals surface area contributed by atoms with Crippen LogP contribution in [0.5, 0.6) is 0 Å². The molecule has 1 aliphatic rings. The van der Waals surface area contributed by atoms with Crippen LogP contribution in [0.15, 0.2) is 12.2 Å². The van der Waals surface area contributed by atoms with Gasteiger partial charge in [0.05, 0.1) is 12.2 Å². The summed E-state index contributed by atoms with van der Waals surface area (Å²) in [6, 6.07) is 0. The van der Waals surface area contributed by atoms with Gasteiger partial charge in [0.2, 0.25) is 0 Å². The Morgan fingerprint density at radius 3 is 2.57 bits per heavy atom. The molecule has 0 unspecified atom stereocenters. The van der Waals surface area contributed by atoms with Crippen LogP contribution in [-0.2, 0) is 9.59 Å². The fourth-order valence-corrected chi connectivity index (χ4v) is 4.21. The highest BCUT2D eigenvalue weighted by Crippen LogP contribution is 2.35. The van der Waals surface area contributed by atoms with Gasteiger partial charge in [0.15, 0.2) is 5.78 Å². The van der Waals surface area contributed by atoms with Crippen LogP contribution in [0.2, 0.25) is 0 Å². The van der Waals surface area contributed by atoms with E-state index >= 15 is 0 Å². The summed E-state index contributed by atoms with van der Waals surface area (Å²) in [6.45, 7) is 5.87. The number of rotatable bonds is 14. The van der Waals surface area contributed by atoms with Crippen LogP contribution in [0.4, 0.5) is 0 Å². The molecule has 0 saturated heterocycles. The number of ketones is 2. The highest BCUT2D eigenvalue weighted by molar-refractivity contribution is 5.84. The normalized spacial score (nSPS) is 24.2. The van der Waals surface area contributed by atoms with Gasteiger partial charge in [-0.15, -0.1) is 0 Å². The molecule has 0 spiro atoms. The van der Waals surface area contributed by atoms with Crippen molar-refractivity contribution in [2.75, 3.05) is 6.61 Å². The number of aliphatic hydroxyl groups excluding tert-OH is 3. The Bertz CT molecular complexity index is 511. The third-order valence-corrected chi connectivity index (χ3v) is 6.14. The number of unbranched alkanes of at least 4 members (excludes halogenated alkanes) is 3. The molecule has 0 amide bonds. The Balaban J connectivity index is 2.46. The van der Waals surface area contributed by atoms with Gasteiger partial charge >= 0.3 is 0 Å². The van der Waals surface area contributed by atoms with E-state index < -0.39 is 12.2 Å². The molecule has 1 aliphatic carbocycles. The predicted octanol–water partition coefficient (Wildman–Crippen LogP) is 3.59. The second-order valence-electron chi connectivity index (χ2n) is 8.99. The van der Waals surface area contributed by atoms with Crippen LogP contribution >= 0.6 is 0 Å². The molecule has 0 aromatic heterocycles. The van der Waals surface area contributed by atoms with Crippen molar-refractivity contribution >= 4 is 11.6 Å². The molecule has 1 fully saturated rings. The van der Waals surface area contributed by atoms with Crippen molar-refractivity contribution in [3.63, 3.8) is 0 Å². The summed E-state index contributed by atoms with van der Waals surface area (Å²) in [5.41, 5.74) is -0.139. The minimum Gasteiger partial charge on any atom is -0.392 e. The Kier molecular flexibility index (Phi) is 11.2. The van der Waals surface area contributed by atoms with Crippen molar-refractivity contribution < 1.29 is 24.9 Å². The number of Topliss-reactive ketones (excluding diaryl/α,β-unsaturated/α-hetero) is 2. The van der Waals surface area contributed by atoms with E-state index in [1.165, 1.54) is 0 Å². The average molecular weight is 397 g/mol. The zero-order chi connectivity index (χ0) is 21.2. The Hall–Kier alpha value is -1.04. The van der Waals surface area contributed by atoms with Gasteiger partial charge in [0, 0.05) is 24.7 Å². The van der Waals surface area contributed by atoms with Crippen LogP contribution < -0.4 is 0 Å². The molecule has 0 aromatic rings. The van der Waals surface area contributed by atoms with E-state index in [0.717, 1.165) is 44.9 Å². The quantitative estimate of drug-likeness (QED) is 0.308. The lowest BCUT2D eigenvalue weighted by molar-refractivity contribution is -0.122. The molecule has 0 radical (unpaired) electrons. The van der Waals surface area contributed by atoms with Crippen LogP contribution in [-0.4, -0.2) is 45.7 Å². The highest BCUT2D eigenvalue weighted by Gasteiger charge is 2.39. The van der Waals surface area contributed by atoms with E-state index in [4.69, 9.17) is 5.11 Å². The van der Waals surface area contributed by atoms with Gasteiger partial charge in [-0.25, -0.2) is 0 Å². The lowest BCUT2D eigenvalue weighted by Gasteiger charge is -2.29. The molecule has 0 aromatic carbocycles. The minimum absolute atomic E-state index is 0.122. The topological polar surface area (TPSA) is 94.8 Å². The van der Waals surface area contributed by atoms with Gasteiger partial charge in [-0.3, -0.25) is 9.59 Å². The first kappa shape index (κ1) is 25.0. The molecule has 5 nitrogen and oxygen atoms in total. The third-order valence-electron chi connectivity index (χ3n) is 6.14. The maximum absolute atomic E-state index is 12.3. The largest absolute Gasteiger partial charge is 0.392 e. The van der Waals surface area contributed by atoms with Crippen molar-refractivity contribution in [1.29, 1.82) is 0 Å². The van der Waals surface area contributed by atoms with E-state index in [-0.39, 0.29) is 41.8 Å². The molecule has 5 heteroatoms. The Morgan fingerprint density at radius 1 is 1.25 bits per heavy atom. The Labute approximate surface area is 170 Å². The van der Waals surface area contributed by atoms with E-state index in [1.807, 2.05) is 12.2 Å². The first-order chi connectivity index (χ1) is 13.2. The SMILES string of the molecule is CCCC(C)(C)[C@H](O)CC=C[C@H]1[C@H](O)CC(=O)[C@@H]1CCCCCCC(=O)CO. The van der Waals surface area contributed by atoms with E-state index in [9.17, 15) is 19.8 Å². The van der Waals surface area contributed by atoms with Crippen LogP contribution in [0, 0.1) is 17.3 Å². The molecule has 0 aliphatic heterocycles. The van der Waals surface area contributed by atoms with Crippen molar-refractivity contribution in [1.82, 2.24) is 0 Å². The first-order valence-corrected chi connectivity index (χ1v) is 10.9. The van der Waals surface area contributed by atoms with E-state index in [2.05, 4.69) is 20.8 Å². The summed E-state index contributed by atoms with van der Waals surface area (Å²) in [7, 11) is 0. The number of aliphatic hydroxyl groups is 3. The highest BCUT2D eigenvalue weighted by atomic mass is 16.3. The number of hydrogen-bond acceptors (Lipinski definition) is 5. The lowest BCUT2D eigenvalue weighted by Crippen LogP contribution is -2.28. The van der Waals surface area contributed by atoms with Crippen molar-refractivity contribution in [3.8, 4) is 0 Å². The summed E-state index contributed by atoms with van der Waals surface area (Å²) < 4.78 is 0. The second kappa shape index (κ2) is 12.5. The number of carbonyl (C=O) groups excluding carboxylic acids is 2.